The Bertz CT molecular complexity index is 852. The smallest absolute Gasteiger partial charge is 0.248 e. The molecule has 4 heterocycles. The molecule has 2 aromatic heterocycles. The number of carbonyl (C=O) groups excluding carboxylic acids is 1. The molecule has 7 heteroatoms. The molecule has 0 aromatic carbocycles. The summed E-state index contributed by atoms with van der Waals surface area (Å²) in [5.41, 5.74) is 4.40. The molecule has 1 amide bonds. The summed E-state index contributed by atoms with van der Waals surface area (Å²) in [5, 5.41) is 4.28. The first-order chi connectivity index (χ1) is 14.6. The number of pyridine rings is 1. The average molecular weight is 413 g/mol. The van der Waals surface area contributed by atoms with E-state index >= 15 is 0 Å². The van der Waals surface area contributed by atoms with Gasteiger partial charge in [-0.25, -0.2) is 0 Å². The maximum atomic E-state index is 12.5. The van der Waals surface area contributed by atoms with Crippen LogP contribution in [0.4, 0.5) is 0 Å². The minimum Gasteiger partial charge on any atom is -0.376 e. The summed E-state index contributed by atoms with van der Waals surface area (Å²) >= 11 is 0. The van der Waals surface area contributed by atoms with Gasteiger partial charge in [0.05, 0.1) is 18.9 Å². The van der Waals surface area contributed by atoms with E-state index < -0.39 is 0 Å². The molecule has 162 valence electrons. The highest BCUT2D eigenvalue weighted by molar-refractivity contribution is 5.77. The summed E-state index contributed by atoms with van der Waals surface area (Å²) in [7, 11) is 1.93. The van der Waals surface area contributed by atoms with Gasteiger partial charge in [-0.15, -0.1) is 0 Å². The molecule has 0 aliphatic carbocycles. The number of aryl methyl sites for hydroxylation is 2. The lowest BCUT2D eigenvalue weighted by atomic mass is 9.91. The lowest BCUT2D eigenvalue weighted by Gasteiger charge is -2.32. The minimum absolute atomic E-state index is 0.0810. The second-order valence-electron chi connectivity index (χ2n) is 8.48. The molecule has 0 spiro atoms. The van der Waals surface area contributed by atoms with Crippen molar-refractivity contribution in [3.05, 3.63) is 35.9 Å². The SMILES string of the molecule is Cc1cc(-c2cnn(C)c2)cc(C2CCN(C(=O)COC[C@H]3CCCCO3)CC2)n1. The number of ether oxygens (including phenoxy) is 2. The number of amides is 1. The quantitative estimate of drug-likeness (QED) is 0.729. The van der Waals surface area contributed by atoms with Crippen LogP contribution in [0.1, 0.15) is 49.4 Å². The van der Waals surface area contributed by atoms with Crippen LogP contribution in [0.2, 0.25) is 0 Å². The molecule has 2 saturated heterocycles. The van der Waals surface area contributed by atoms with Crippen LogP contribution in [0.5, 0.6) is 0 Å². The summed E-state index contributed by atoms with van der Waals surface area (Å²) in [5.74, 6) is 0.457. The van der Waals surface area contributed by atoms with Crippen LogP contribution < -0.4 is 0 Å². The highest BCUT2D eigenvalue weighted by atomic mass is 16.5. The van der Waals surface area contributed by atoms with Gasteiger partial charge in [0.2, 0.25) is 5.91 Å². The highest BCUT2D eigenvalue weighted by Gasteiger charge is 2.25. The van der Waals surface area contributed by atoms with Gasteiger partial charge in [0.25, 0.3) is 0 Å². The van der Waals surface area contributed by atoms with Crippen molar-refractivity contribution in [2.24, 2.45) is 7.05 Å². The zero-order chi connectivity index (χ0) is 20.9. The topological polar surface area (TPSA) is 69.5 Å². The van der Waals surface area contributed by atoms with Gasteiger partial charge < -0.3 is 14.4 Å². The first kappa shape index (κ1) is 21.0. The minimum atomic E-state index is 0.0810. The number of nitrogens with zero attached hydrogens (tertiary/aromatic N) is 4. The van der Waals surface area contributed by atoms with Gasteiger partial charge in [-0.3, -0.25) is 14.5 Å². The largest absolute Gasteiger partial charge is 0.376 e. The molecule has 30 heavy (non-hydrogen) atoms. The Morgan fingerprint density at radius 3 is 2.73 bits per heavy atom. The number of hydrogen-bond acceptors (Lipinski definition) is 5. The van der Waals surface area contributed by atoms with E-state index in [4.69, 9.17) is 14.5 Å². The molecule has 0 unspecified atom stereocenters. The number of rotatable bonds is 6. The summed E-state index contributed by atoms with van der Waals surface area (Å²) < 4.78 is 13.1. The Labute approximate surface area is 178 Å². The predicted molar refractivity (Wildman–Crippen MR) is 114 cm³/mol. The summed E-state index contributed by atoms with van der Waals surface area (Å²) in [6.07, 6.45) is 9.27. The third-order valence-electron chi connectivity index (χ3n) is 6.08. The lowest BCUT2D eigenvalue weighted by Crippen LogP contribution is -2.40. The van der Waals surface area contributed by atoms with Gasteiger partial charge in [0, 0.05) is 55.8 Å². The maximum Gasteiger partial charge on any atom is 0.248 e. The molecule has 2 aliphatic heterocycles. The molecule has 4 rings (SSSR count). The number of carbonyl (C=O) groups is 1. The molecule has 0 bridgehead atoms. The van der Waals surface area contributed by atoms with Crippen LogP contribution in [0.3, 0.4) is 0 Å². The van der Waals surface area contributed by atoms with Gasteiger partial charge >= 0.3 is 0 Å². The summed E-state index contributed by atoms with van der Waals surface area (Å²) in [6, 6.07) is 4.28. The van der Waals surface area contributed by atoms with E-state index in [1.54, 1.807) is 0 Å². The van der Waals surface area contributed by atoms with Crippen molar-refractivity contribution in [1.29, 1.82) is 0 Å². The third kappa shape index (κ3) is 5.26. The van der Waals surface area contributed by atoms with Crippen molar-refractivity contribution < 1.29 is 14.3 Å². The normalized spacial score (nSPS) is 20.5. The standard InChI is InChI=1S/C23H32N4O3/c1-17-11-19(20-13-24-26(2)14-20)12-22(25-17)18-6-8-27(9-7-18)23(28)16-29-15-21-5-3-4-10-30-21/h11-14,18,21H,3-10,15-16H2,1-2H3/t21-/m1/s1. The average Bonchev–Trinajstić information content (AvgIpc) is 3.20. The van der Waals surface area contributed by atoms with Gasteiger partial charge in [-0.05, 0) is 56.7 Å². The van der Waals surface area contributed by atoms with Crippen molar-refractivity contribution in [2.75, 3.05) is 32.9 Å². The van der Waals surface area contributed by atoms with Crippen molar-refractivity contribution >= 4 is 5.91 Å². The fraction of sp³-hybridized carbons (Fsp3) is 0.609. The lowest BCUT2D eigenvalue weighted by molar-refractivity contribution is -0.139. The van der Waals surface area contributed by atoms with E-state index in [0.29, 0.717) is 12.5 Å². The molecular weight excluding hydrogens is 380 g/mol. The van der Waals surface area contributed by atoms with E-state index in [1.807, 2.05) is 35.9 Å². The van der Waals surface area contributed by atoms with Crippen LogP contribution in [0.15, 0.2) is 24.5 Å². The van der Waals surface area contributed by atoms with Crippen molar-refractivity contribution in [3.8, 4) is 11.1 Å². The fourth-order valence-electron chi connectivity index (χ4n) is 4.37. The molecule has 0 saturated carbocycles. The Kier molecular flexibility index (Phi) is 6.79. The summed E-state index contributed by atoms with van der Waals surface area (Å²) in [6.45, 7) is 5.03. The van der Waals surface area contributed by atoms with E-state index in [0.717, 1.165) is 67.9 Å². The molecule has 0 radical (unpaired) electrons. The van der Waals surface area contributed by atoms with Crippen molar-refractivity contribution in [3.63, 3.8) is 0 Å². The monoisotopic (exact) mass is 412 g/mol. The summed E-state index contributed by atoms with van der Waals surface area (Å²) in [4.78, 5) is 19.2. The van der Waals surface area contributed by atoms with E-state index in [-0.39, 0.29) is 18.6 Å². The van der Waals surface area contributed by atoms with Gasteiger partial charge in [-0.2, -0.15) is 5.10 Å². The third-order valence-corrected chi connectivity index (χ3v) is 6.08. The maximum absolute atomic E-state index is 12.5. The van der Waals surface area contributed by atoms with Crippen LogP contribution in [-0.2, 0) is 21.3 Å². The Morgan fingerprint density at radius 1 is 1.20 bits per heavy atom. The van der Waals surface area contributed by atoms with Crippen LogP contribution >= 0.6 is 0 Å². The van der Waals surface area contributed by atoms with Gasteiger partial charge in [-0.1, -0.05) is 0 Å². The predicted octanol–water partition coefficient (Wildman–Crippen LogP) is 3.08. The molecule has 2 aromatic rings. The zero-order valence-electron chi connectivity index (χ0n) is 18.0. The van der Waals surface area contributed by atoms with E-state index in [9.17, 15) is 4.79 Å². The molecule has 2 aliphatic rings. The number of aromatic nitrogens is 3. The van der Waals surface area contributed by atoms with Gasteiger partial charge in [0.15, 0.2) is 0 Å². The Balaban J connectivity index is 1.29. The highest BCUT2D eigenvalue weighted by Crippen LogP contribution is 2.30. The second kappa shape index (κ2) is 9.71. The first-order valence-corrected chi connectivity index (χ1v) is 11.0. The van der Waals surface area contributed by atoms with Crippen LogP contribution in [-0.4, -0.2) is 64.6 Å². The molecule has 1 atom stereocenters. The zero-order valence-corrected chi connectivity index (χ0v) is 18.0. The van der Waals surface area contributed by atoms with E-state index in [1.165, 1.54) is 6.42 Å². The van der Waals surface area contributed by atoms with Crippen LogP contribution in [0, 0.1) is 6.92 Å². The second-order valence-corrected chi connectivity index (χ2v) is 8.48. The van der Waals surface area contributed by atoms with Crippen LogP contribution in [0.25, 0.3) is 11.1 Å². The van der Waals surface area contributed by atoms with Crippen molar-refractivity contribution in [1.82, 2.24) is 19.7 Å². The van der Waals surface area contributed by atoms with E-state index in [2.05, 4.69) is 17.2 Å². The van der Waals surface area contributed by atoms with Crippen molar-refractivity contribution in [2.45, 2.75) is 51.0 Å². The number of hydrogen-bond donors (Lipinski definition) is 0. The molecule has 7 nitrogen and oxygen atoms in total. The first-order valence-electron chi connectivity index (χ1n) is 11.0. The Hall–Kier alpha value is -2.25. The molecule has 0 N–H and O–H groups in total. The number of piperidine rings is 1. The number of likely N-dealkylation sites (tertiary alicyclic amines) is 1. The van der Waals surface area contributed by atoms with Gasteiger partial charge in [0.1, 0.15) is 6.61 Å². The molecule has 2 fully saturated rings. The molecular formula is C23H32N4O3. The fourth-order valence-corrected chi connectivity index (χ4v) is 4.37. The Morgan fingerprint density at radius 2 is 2.03 bits per heavy atom.